The van der Waals surface area contributed by atoms with E-state index in [4.69, 9.17) is 0 Å². The first kappa shape index (κ1) is 21.8. The highest BCUT2D eigenvalue weighted by atomic mass is 16.6. The summed E-state index contributed by atoms with van der Waals surface area (Å²) in [5.41, 5.74) is 2.05. The second-order valence-corrected chi connectivity index (χ2v) is 8.66. The van der Waals surface area contributed by atoms with Crippen LogP contribution in [0.3, 0.4) is 0 Å². The highest BCUT2D eigenvalue weighted by Crippen LogP contribution is 2.30. The largest absolute Gasteiger partial charge is 0.371 e. The van der Waals surface area contributed by atoms with Gasteiger partial charge in [-0.2, -0.15) is 0 Å². The van der Waals surface area contributed by atoms with Gasteiger partial charge in [-0.3, -0.25) is 19.7 Å². The smallest absolute Gasteiger partial charge is 0.270 e. The lowest BCUT2D eigenvalue weighted by molar-refractivity contribution is -0.384. The molecule has 2 aromatic rings. The van der Waals surface area contributed by atoms with Crippen molar-refractivity contribution in [3.05, 3.63) is 63.7 Å². The van der Waals surface area contributed by atoms with Crippen LogP contribution in [0.5, 0.6) is 0 Å². The van der Waals surface area contributed by atoms with Crippen LogP contribution in [-0.2, 0) is 0 Å². The van der Waals surface area contributed by atoms with E-state index >= 15 is 0 Å². The quantitative estimate of drug-likeness (QED) is 0.556. The number of hydrogen-bond acceptors (Lipinski definition) is 5. The number of carbonyl (C=O) groups excluding carboxylic acids is 2. The molecule has 2 aliphatic heterocycles. The number of non-ortho nitro benzene ring substituents is 1. The molecule has 1 N–H and O–H groups in total. The van der Waals surface area contributed by atoms with Crippen molar-refractivity contribution in [1.82, 2.24) is 4.90 Å². The zero-order chi connectivity index (χ0) is 22.7. The zero-order valence-electron chi connectivity index (χ0n) is 18.3. The number of carbonyl (C=O) groups is 2. The summed E-state index contributed by atoms with van der Waals surface area (Å²) < 4.78 is 0. The molecule has 0 aliphatic carbocycles. The summed E-state index contributed by atoms with van der Waals surface area (Å²) in [5, 5.41) is 13.8. The predicted molar refractivity (Wildman–Crippen MR) is 123 cm³/mol. The van der Waals surface area contributed by atoms with Crippen molar-refractivity contribution in [1.29, 1.82) is 0 Å². The molecule has 2 saturated heterocycles. The van der Waals surface area contributed by atoms with Crippen LogP contribution in [0.2, 0.25) is 0 Å². The Kier molecular flexibility index (Phi) is 6.39. The maximum Gasteiger partial charge on any atom is 0.270 e. The molecule has 8 nitrogen and oxygen atoms in total. The Labute approximate surface area is 187 Å². The average Bonchev–Trinajstić information content (AvgIpc) is 3.34. The monoisotopic (exact) mass is 436 g/mol. The van der Waals surface area contributed by atoms with Gasteiger partial charge in [0.05, 0.1) is 10.5 Å². The fraction of sp³-hybridized carbons (Fsp3) is 0.417. The molecule has 32 heavy (non-hydrogen) atoms. The van der Waals surface area contributed by atoms with Gasteiger partial charge in [0, 0.05) is 55.2 Å². The predicted octanol–water partition coefficient (Wildman–Crippen LogP) is 4.32. The topological polar surface area (TPSA) is 95.8 Å². The summed E-state index contributed by atoms with van der Waals surface area (Å²) in [7, 11) is 0. The Morgan fingerprint density at radius 1 is 1.03 bits per heavy atom. The van der Waals surface area contributed by atoms with Crippen molar-refractivity contribution in [3.63, 3.8) is 0 Å². The first-order valence-electron chi connectivity index (χ1n) is 11.2. The number of nitrogens with zero attached hydrogens (tertiary/aromatic N) is 3. The van der Waals surface area contributed by atoms with Crippen molar-refractivity contribution in [2.75, 3.05) is 36.4 Å². The van der Waals surface area contributed by atoms with Crippen molar-refractivity contribution >= 4 is 28.9 Å². The van der Waals surface area contributed by atoms with E-state index in [-0.39, 0.29) is 17.2 Å². The third-order valence-electron chi connectivity index (χ3n) is 6.32. The van der Waals surface area contributed by atoms with E-state index in [1.807, 2.05) is 11.0 Å². The summed E-state index contributed by atoms with van der Waals surface area (Å²) in [6, 6.07) is 11.0. The van der Waals surface area contributed by atoms with Gasteiger partial charge >= 0.3 is 0 Å². The Morgan fingerprint density at radius 3 is 2.44 bits per heavy atom. The van der Waals surface area contributed by atoms with E-state index in [0.717, 1.165) is 57.5 Å². The lowest BCUT2D eigenvalue weighted by Gasteiger charge is -2.34. The maximum absolute atomic E-state index is 13.3. The van der Waals surface area contributed by atoms with E-state index in [1.54, 1.807) is 12.1 Å². The third-order valence-corrected chi connectivity index (χ3v) is 6.32. The summed E-state index contributed by atoms with van der Waals surface area (Å²) in [5.74, 6) is 0.216. The summed E-state index contributed by atoms with van der Waals surface area (Å²) in [4.78, 5) is 40.6. The van der Waals surface area contributed by atoms with Crippen molar-refractivity contribution in [3.8, 4) is 0 Å². The van der Waals surface area contributed by atoms with Gasteiger partial charge < -0.3 is 15.1 Å². The van der Waals surface area contributed by atoms with Crippen LogP contribution in [-0.4, -0.2) is 47.8 Å². The molecule has 0 spiro atoms. The van der Waals surface area contributed by atoms with Crippen LogP contribution in [0.1, 0.15) is 53.3 Å². The van der Waals surface area contributed by atoms with Crippen LogP contribution in [0.4, 0.5) is 17.1 Å². The van der Waals surface area contributed by atoms with Crippen LogP contribution >= 0.6 is 0 Å². The molecule has 2 aromatic carbocycles. The van der Waals surface area contributed by atoms with Crippen molar-refractivity contribution in [2.24, 2.45) is 5.92 Å². The Hall–Kier alpha value is -3.42. The summed E-state index contributed by atoms with van der Waals surface area (Å²) in [6.45, 7) is 5.56. The van der Waals surface area contributed by atoms with Crippen LogP contribution in [0.25, 0.3) is 0 Å². The first-order valence-corrected chi connectivity index (χ1v) is 11.2. The van der Waals surface area contributed by atoms with Gasteiger partial charge in [0.15, 0.2) is 0 Å². The number of rotatable bonds is 5. The Balaban J connectivity index is 1.61. The molecule has 0 atom stereocenters. The number of nitro groups is 1. The van der Waals surface area contributed by atoms with Gasteiger partial charge in [-0.25, -0.2) is 0 Å². The standard InChI is InChI=1S/C24H28N4O4/c1-17-9-13-26(14-10-17)22-8-7-19(16-21(22)24(30)27-11-2-3-12-27)25-23(29)18-5-4-6-20(15-18)28(31)32/h4-8,15-17H,2-3,9-14H2,1H3,(H,25,29). The van der Waals surface area contributed by atoms with E-state index in [2.05, 4.69) is 17.1 Å². The number of hydrogen-bond donors (Lipinski definition) is 1. The lowest BCUT2D eigenvalue weighted by atomic mass is 9.97. The molecule has 0 saturated carbocycles. The minimum absolute atomic E-state index is 0.0115. The van der Waals surface area contributed by atoms with Gasteiger partial charge in [0.1, 0.15) is 0 Å². The second kappa shape index (κ2) is 9.38. The van der Waals surface area contributed by atoms with Crippen molar-refractivity contribution in [2.45, 2.75) is 32.6 Å². The minimum atomic E-state index is -0.530. The third kappa shape index (κ3) is 4.74. The van der Waals surface area contributed by atoms with Gasteiger partial charge in [-0.1, -0.05) is 13.0 Å². The molecule has 2 fully saturated rings. The summed E-state index contributed by atoms with van der Waals surface area (Å²) >= 11 is 0. The molecule has 0 unspecified atom stereocenters. The molecule has 0 radical (unpaired) electrons. The first-order chi connectivity index (χ1) is 15.4. The molecule has 2 heterocycles. The van der Waals surface area contributed by atoms with Crippen LogP contribution < -0.4 is 10.2 Å². The van der Waals surface area contributed by atoms with Gasteiger partial charge in [0.25, 0.3) is 17.5 Å². The van der Waals surface area contributed by atoms with Gasteiger partial charge in [0.2, 0.25) is 0 Å². The van der Waals surface area contributed by atoms with E-state index in [1.165, 1.54) is 24.3 Å². The normalized spacial score (nSPS) is 16.8. The van der Waals surface area contributed by atoms with Gasteiger partial charge in [-0.15, -0.1) is 0 Å². The van der Waals surface area contributed by atoms with E-state index in [9.17, 15) is 19.7 Å². The molecule has 168 valence electrons. The van der Waals surface area contributed by atoms with Crippen LogP contribution in [0.15, 0.2) is 42.5 Å². The molecule has 2 aliphatic rings. The fourth-order valence-electron chi connectivity index (χ4n) is 4.36. The SMILES string of the molecule is CC1CCN(c2ccc(NC(=O)c3cccc([N+](=O)[O-])c3)cc2C(=O)N2CCCC2)CC1. The highest BCUT2D eigenvalue weighted by molar-refractivity contribution is 6.06. The molecule has 0 bridgehead atoms. The number of amides is 2. The van der Waals surface area contributed by atoms with Gasteiger partial charge in [-0.05, 0) is 55.9 Å². The number of piperidine rings is 1. The van der Waals surface area contributed by atoms with E-state index < -0.39 is 10.8 Å². The number of anilines is 2. The van der Waals surface area contributed by atoms with Crippen molar-refractivity contribution < 1.29 is 14.5 Å². The Morgan fingerprint density at radius 2 is 1.75 bits per heavy atom. The maximum atomic E-state index is 13.3. The second-order valence-electron chi connectivity index (χ2n) is 8.66. The minimum Gasteiger partial charge on any atom is -0.371 e. The number of likely N-dealkylation sites (tertiary alicyclic amines) is 1. The number of nitrogens with one attached hydrogen (secondary N) is 1. The highest BCUT2D eigenvalue weighted by Gasteiger charge is 2.26. The van der Waals surface area contributed by atoms with Crippen LogP contribution in [0, 0.1) is 16.0 Å². The lowest BCUT2D eigenvalue weighted by Crippen LogP contribution is -2.35. The molecule has 0 aromatic heterocycles. The fourth-order valence-corrected chi connectivity index (χ4v) is 4.36. The molecular formula is C24H28N4O4. The Bertz CT molecular complexity index is 1020. The zero-order valence-corrected chi connectivity index (χ0v) is 18.3. The number of nitro benzene ring substituents is 1. The molecule has 2 amide bonds. The molecular weight excluding hydrogens is 408 g/mol. The average molecular weight is 437 g/mol. The molecule has 4 rings (SSSR count). The van der Waals surface area contributed by atoms with E-state index in [0.29, 0.717) is 17.2 Å². The number of benzene rings is 2. The summed E-state index contributed by atoms with van der Waals surface area (Å²) in [6.07, 6.45) is 4.18. The molecule has 8 heteroatoms.